The van der Waals surface area contributed by atoms with Crippen LogP contribution in [0, 0.1) is 6.92 Å². The van der Waals surface area contributed by atoms with Crippen LogP contribution in [0.25, 0.3) is 10.9 Å². The molecule has 33 heavy (non-hydrogen) atoms. The Morgan fingerprint density at radius 3 is 2.27 bits per heavy atom. The van der Waals surface area contributed by atoms with Crippen LogP contribution in [-0.2, 0) is 27.2 Å². The van der Waals surface area contributed by atoms with E-state index < -0.39 is 20.8 Å². The molecular weight excluding hydrogens is 450 g/mol. The summed E-state index contributed by atoms with van der Waals surface area (Å²) in [5.74, 6) is 0. The molecule has 1 heterocycles. The van der Waals surface area contributed by atoms with Crippen molar-refractivity contribution in [2.75, 3.05) is 0 Å². The maximum atomic E-state index is 13.5. The number of unbranched alkanes of at least 4 members (excludes halogenated alkanes) is 3. The van der Waals surface area contributed by atoms with E-state index in [1.807, 2.05) is 55.5 Å². The van der Waals surface area contributed by atoms with Gasteiger partial charge in [-0.3, -0.25) is 0 Å². The summed E-state index contributed by atoms with van der Waals surface area (Å²) in [6.45, 7) is 4.11. The van der Waals surface area contributed by atoms with Gasteiger partial charge in [0.25, 0.3) is 10.0 Å². The monoisotopic (exact) mass is 479 g/mol. The van der Waals surface area contributed by atoms with E-state index in [9.17, 15) is 12.6 Å². The summed E-state index contributed by atoms with van der Waals surface area (Å²) >= 11 is 0. The highest BCUT2D eigenvalue weighted by atomic mass is 32.2. The average Bonchev–Trinajstić information content (AvgIpc) is 3.21. The van der Waals surface area contributed by atoms with Crippen molar-refractivity contribution in [2.45, 2.75) is 60.6 Å². The molecule has 0 radical (unpaired) electrons. The van der Waals surface area contributed by atoms with Crippen molar-refractivity contribution in [1.29, 1.82) is 0 Å². The molecule has 0 aliphatic heterocycles. The van der Waals surface area contributed by atoms with E-state index >= 15 is 0 Å². The first-order valence-electron chi connectivity index (χ1n) is 11.3. The van der Waals surface area contributed by atoms with Crippen molar-refractivity contribution < 1.29 is 12.6 Å². The van der Waals surface area contributed by atoms with Gasteiger partial charge in [-0.1, -0.05) is 62.1 Å². The number of hydrogen-bond donors (Lipinski definition) is 0. The van der Waals surface area contributed by atoms with Gasteiger partial charge in [-0.25, -0.2) is 16.6 Å². The molecule has 0 saturated carbocycles. The molecule has 4 nitrogen and oxygen atoms in total. The van der Waals surface area contributed by atoms with Crippen LogP contribution in [-0.4, -0.2) is 16.6 Å². The zero-order valence-corrected chi connectivity index (χ0v) is 20.7. The van der Waals surface area contributed by atoms with Crippen molar-refractivity contribution >= 4 is 31.7 Å². The Morgan fingerprint density at radius 1 is 0.848 bits per heavy atom. The average molecular weight is 480 g/mol. The number of benzene rings is 3. The standard InChI is InChI=1S/C27H29NO3S2/c1-3-4-5-7-10-22-20-28(33(30,31)25-16-13-21(2)14-17-25)27-18-15-24(19-26(22)27)32(29)23-11-8-6-9-12-23/h6,8-9,11-20H,3-5,7,10H2,1-2H3. The molecule has 3 aromatic carbocycles. The molecule has 0 aliphatic rings. The fourth-order valence-electron chi connectivity index (χ4n) is 4.00. The van der Waals surface area contributed by atoms with Gasteiger partial charge in [0.2, 0.25) is 0 Å². The van der Waals surface area contributed by atoms with Crippen LogP contribution >= 0.6 is 0 Å². The van der Waals surface area contributed by atoms with Crippen molar-refractivity contribution in [3.05, 3.63) is 90.1 Å². The van der Waals surface area contributed by atoms with Crippen LogP contribution in [0.5, 0.6) is 0 Å². The lowest BCUT2D eigenvalue weighted by atomic mass is 10.1. The summed E-state index contributed by atoms with van der Waals surface area (Å²) in [5.41, 5.74) is 2.61. The lowest BCUT2D eigenvalue weighted by Gasteiger charge is -2.08. The third-order valence-corrected chi connectivity index (χ3v) is 8.94. The second kappa shape index (κ2) is 10.1. The molecule has 0 N–H and O–H groups in total. The highest BCUT2D eigenvalue weighted by Gasteiger charge is 2.22. The molecule has 0 amide bonds. The van der Waals surface area contributed by atoms with Gasteiger partial charge in [0.05, 0.1) is 21.2 Å². The van der Waals surface area contributed by atoms with Crippen LogP contribution < -0.4 is 0 Å². The molecule has 1 unspecified atom stereocenters. The first-order valence-corrected chi connectivity index (χ1v) is 13.9. The summed E-state index contributed by atoms with van der Waals surface area (Å²) in [6.07, 6.45) is 6.93. The fraction of sp³-hybridized carbons (Fsp3) is 0.259. The molecule has 4 rings (SSSR count). The largest absolute Gasteiger partial charge is 0.268 e. The molecule has 6 heteroatoms. The highest BCUT2D eigenvalue weighted by molar-refractivity contribution is 7.90. The predicted octanol–water partition coefficient (Wildman–Crippen LogP) is 6.48. The van der Waals surface area contributed by atoms with Crippen LogP contribution in [0.2, 0.25) is 0 Å². The molecule has 1 aromatic heterocycles. The minimum Gasteiger partial charge on any atom is -0.249 e. The number of nitrogens with zero attached hydrogens (tertiary/aromatic N) is 1. The molecule has 0 spiro atoms. The normalized spacial score (nSPS) is 12.8. The lowest BCUT2D eigenvalue weighted by molar-refractivity contribution is 0.589. The maximum absolute atomic E-state index is 13.5. The van der Waals surface area contributed by atoms with Crippen molar-refractivity contribution in [3.63, 3.8) is 0 Å². The summed E-state index contributed by atoms with van der Waals surface area (Å²) in [4.78, 5) is 1.67. The smallest absolute Gasteiger partial charge is 0.249 e. The van der Waals surface area contributed by atoms with E-state index in [1.165, 1.54) is 3.97 Å². The van der Waals surface area contributed by atoms with E-state index in [0.29, 0.717) is 10.4 Å². The molecule has 1 atom stereocenters. The second-order valence-electron chi connectivity index (χ2n) is 8.34. The quantitative estimate of drug-likeness (QED) is 0.258. The van der Waals surface area contributed by atoms with Gasteiger partial charge in [0.1, 0.15) is 0 Å². The van der Waals surface area contributed by atoms with E-state index in [-0.39, 0.29) is 4.90 Å². The van der Waals surface area contributed by atoms with Crippen LogP contribution in [0.15, 0.2) is 93.7 Å². The number of hydrogen-bond acceptors (Lipinski definition) is 3. The fourth-order valence-corrected chi connectivity index (χ4v) is 6.49. The van der Waals surface area contributed by atoms with E-state index in [1.54, 1.807) is 30.5 Å². The topological polar surface area (TPSA) is 56.1 Å². The Kier molecular flexibility index (Phi) is 7.15. The van der Waals surface area contributed by atoms with Gasteiger partial charge in [0.15, 0.2) is 0 Å². The predicted molar refractivity (Wildman–Crippen MR) is 135 cm³/mol. The minimum absolute atomic E-state index is 0.263. The first-order chi connectivity index (χ1) is 15.9. The van der Waals surface area contributed by atoms with Crippen molar-refractivity contribution in [2.24, 2.45) is 0 Å². The van der Waals surface area contributed by atoms with Crippen molar-refractivity contribution in [3.8, 4) is 0 Å². The molecule has 0 saturated heterocycles. The zero-order valence-electron chi connectivity index (χ0n) is 19.0. The van der Waals surface area contributed by atoms with Crippen molar-refractivity contribution in [1.82, 2.24) is 3.97 Å². The highest BCUT2D eigenvalue weighted by Crippen LogP contribution is 2.30. The maximum Gasteiger partial charge on any atom is 0.268 e. The Balaban J connectivity index is 1.80. The summed E-state index contributed by atoms with van der Waals surface area (Å²) in [6, 6.07) is 21.7. The van der Waals surface area contributed by atoms with Crippen LogP contribution in [0.4, 0.5) is 0 Å². The Bertz CT molecular complexity index is 1370. The first kappa shape index (κ1) is 23.5. The van der Waals surface area contributed by atoms with Gasteiger partial charge < -0.3 is 0 Å². The zero-order chi connectivity index (χ0) is 23.4. The van der Waals surface area contributed by atoms with E-state index in [2.05, 4.69) is 6.92 Å². The summed E-state index contributed by atoms with van der Waals surface area (Å²) in [7, 11) is -5.07. The molecule has 0 bridgehead atoms. The molecule has 4 aromatic rings. The Hall–Kier alpha value is -2.70. The van der Waals surface area contributed by atoms with Gasteiger partial charge in [0, 0.05) is 21.4 Å². The van der Waals surface area contributed by atoms with E-state index in [0.717, 1.165) is 53.5 Å². The van der Waals surface area contributed by atoms with E-state index in [4.69, 9.17) is 0 Å². The number of aromatic nitrogens is 1. The molecular formula is C27H29NO3S2. The Labute approximate surface area is 198 Å². The van der Waals surface area contributed by atoms with Gasteiger partial charge >= 0.3 is 0 Å². The second-order valence-corrected chi connectivity index (χ2v) is 11.6. The van der Waals surface area contributed by atoms with Crippen LogP contribution in [0.1, 0.15) is 43.7 Å². The Morgan fingerprint density at radius 2 is 1.58 bits per heavy atom. The van der Waals surface area contributed by atoms with Gasteiger partial charge in [-0.2, -0.15) is 0 Å². The minimum atomic E-state index is -3.74. The molecule has 0 aliphatic carbocycles. The third-order valence-electron chi connectivity index (χ3n) is 5.87. The third kappa shape index (κ3) is 4.97. The summed E-state index contributed by atoms with van der Waals surface area (Å²) < 4.78 is 41.5. The molecule has 172 valence electrons. The van der Waals surface area contributed by atoms with Crippen LogP contribution in [0.3, 0.4) is 0 Å². The lowest BCUT2D eigenvalue weighted by Crippen LogP contribution is -2.11. The molecule has 0 fully saturated rings. The number of rotatable bonds is 9. The van der Waals surface area contributed by atoms with Gasteiger partial charge in [-0.15, -0.1) is 0 Å². The number of fused-ring (bicyclic) bond motifs is 1. The van der Waals surface area contributed by atoms with Gasteiger partial charge in [-0.05, 0) is 67.8 Å². The summed E-state index contributed by atoms with van der Waals surface area (Å²) in [5, 5.41) is 0.851. The SMILES string of the molecule is CCCCCCc1cn(S(=O)(=O)c2ccc(C)cc2)c2ccc(S(=O)c3ccccc3)cc12. The number of aryl methyl sites for hydroxylation is 2.